The molecule has 6 nitrogen and oxygen atoms in total. The van der Waals surface area contributed by atoms with Gasteiger partial charge < -0.3 is 15.4 Å². The molecule has 3 atom stereocenters. The van der Waals surface area contributed by atoms with Gasteiger partial charge in [0.15, 0.2) is 5.96 Å². The van der Waals surface area contributed by atoms with Crippen LogP contribution in [0.5, 0.6) is 5.88 Å². The molecule has 1 aromatic heterocycles. The average molecular weight is 353 g/mol. The largest absolute Gasteiger partial charge is 0.481 e. The summed E-state index contributed by atoms with van der Waals surface area (Å²) in [5.74, 6) is 2.13. The van der Waals surface area contributed by atoms with E-state index in [1.165, 1.54) is 0 Å². The Kier molecular flexibility index (Phi) is 7.49. The molecule has 7 heteroatoms. The van der Waals surface area contributed by atoms with Crippen LogP contribution in [0.2, 0.25) is 0 Å². The molecule has 24 heavy (non-hydrogen) atoms. The number of rotatable bonds is 6. The standard InChI is InChI=1S/C17H28N4O2S/c1-4-24(22)15-7-5-6-14(11-15)21-17(18-2)20-12-13-8-9-19-16(10-13)23-3/h8-10,14-15H,4-7,11-12H2,1-3H3,(H2,18,20,21). The van der Waals surface area contributed by atoms with Crippen molar-refractivity contribution in [1.82, 2.24) is 15.6 Å². The number of hydrogen-bond acceptors (Lipinski definition) is 4. The third-order valence-electron chi connectivity index (χ3n) is 4.32. The SMILES string of the molecule is CCS(=O)C1CCCC(NC(=NC)NCc2ccnc(OC)c2)C1. The molecule has 0 aliphatic heterocycles. The molecule has 1 fully saturated rings. The summed E-state index contributed by atoms with van der Waals surface area (Å²) < 4.78 is 17.2. The molecule has 1 aromatic rings. The van der Waals surface area contributed by atoms with Gasteiger partial charge in [-0.25, -0.2) is 4.98 Å². The van der Waals surface area contributed by atoms with Crippen molar-refractivity contribution < 1.29 is 8.95 Å². The van der Waals surface area contributed by atoms with Crippen molar-refractivity contribution in [2.24, 2.45) is 4.99 Å². The predicted octanol–water partition coefficient (Wildman–Crippen LogP) is 1.83. The Balaban J connectivity index is 1.86. The highest BCUT2D eigenvalue weighted by molar-refractivity contribution is 7.85. The second kappa shape index (κ2) is 9.61. The third-order valence-corrected chi connectivity index (χ3v) is 6.06. The van der Waals surface area contributed by atoms with E-state index in [1.54, 1.807) is 20.4 Å². The zero-order valence-corrected chi connectivity index (χ0v) is 15.6. The molecule has 134 valence electrons. The topological polar surface area (TPSA) is 75.6 Å². The van der Waals surface area contributed by atoms with Gasteiger partial charge in [-0.15, -0.1) is 0 Å². The van der Waals surface area contributed by atoms with Crippen molar-refractivity contribution in [2.75, 3.05) is 19.9 Å². The molecule has 0 aromatic carbocycles. The number of aliphatic imine (C=N–C) groups is 1. The second-order valence-corrected chi connectivity index (χ2v) is 7.94. The van der Waals surface area contributed by atoms with Gasteiger partial charge in [0.25, 0.3) is 0 Å². The Bertz CT molecular complexity index is 579. The van der Waals surface area contributed by atoms with Gasteiger partial charge in [0.05, 0.1) is 7.11 Å². The van der Waals surface area contributed by atoms with Crippen LogP contribution in [0.4, 0.5) is 0 Å². The summed E-state index contributed by atoms with van der Waals surface area (Å²) in [6, 6.07) is 4.18. The zero-order chi connectivity index (χ0) is 17.4. The van der Waals surface area contributed by atoms with Crippen LogP contribution in [0.3, 0.4) is 0 Å². The minimum absolute atomic E-state index is 0.309. The molecule has 0 bridgehead atoms. The molecular weight excluding hydrogens is 324 g/mol. The van der Waals surface area contributed by atoms with E-state index >= 15 is 0 Å². The number of nitrogens with one attached hydrogen (secondary N) is 2. The van der Waals surface area contributed by atoms with Gasteiger partial charge in [-0.05, 0) is 30.9 Å². The summed E-state index contributed by atoms with van der Waals surface area (Å²) in [6.45, 7) is 2.65. The van der Waals surface area contributed by atoms with Crippen LogP contribution >= 0.6 is 0 Å². The van der Waals surface area contributed by atoms with Gasteiger partial charge in [-0.2, -0.15) is 0 Å². The summed E-state index contributed by atoms with van der Waals surface area (Å²) in [4.78, 5) is 8.41. The number of pyridine rings is 1. The molecule has 1 aliphatic rings. The van der Waals surface area contributed by atoms with Gasteiger partial charge in [0.2, 0.25) is 5.88 Å². The van der Waals surface area contributed by atoms with Crippen molar-refractivity contribution in [3.63, 3.8) is 0 Å². The highest BCUT2D eigenvalue weighted by atomic mass is 32.2. The number of hydrogen-bond donors (Lipinski definition) is 2. The third kappa shape index (κ3) is 5.47. The van der Waals surface area contributed by atoms with Gasteiger partial charge in [0.1, 0.15) is 0 Å². The zero-order valence-electron chi connectivity index (χ0n) is 14.7. The summed E-state index contributed by atoms with van der Waals surface area (Å²) in [5.41, 5.74) is 1.08. The van der Waals surface area contributed by atoms with E-state index in [0.717, 1.165) is 43.0 Å². The lowest BCUT2D eigenvalue weighted by Crippen LogP contribution is -2.46. The van der Waals surface area contributed by atoms with Crippen LogP contribution in [0, 0.1) is 0 Å². The van der Waals surface area contributed by atoms with Crippen LogP contribution in [0.25, 0.3) is 0 Å². The molecule has 0 saturated heterocycles. The number of methoxy groups -OCH3 is 1. The summed E-state index contributed by atoms with van der Waals surface area (Å²) >= 11 is 0. The summed E-state index contributed by atoms with van der Waals surface area (Å²) in [7, 11) is 2.67. The summed E-state index contributed by atoms with van der Waals surface area (Å²) in [5, 5.41) is 7.10. The first-order chi connectivity index (χ1) is 11.7. The van der Waals surface area contributed by atoms with Crippen molar-refractivity contribution in [3.05, 3.63) is 23.9 Å². The Morgan fingerprint density at radius 2 is 2.33 bits per heavy atom. The highest BCUT2D eigenvalue weighted by Crippen LogP contribution is 2.23. The van der Waals surface area contributed by atoms with E-state index in [4.69, 9.17) is 4.74 Å². The van der Waals surface area contributed by atoms with Crippen molar-refractivity contribution in [3.8, 4) is 5.88 Å². The Morgan fingerprint density at radius 1 is 1.50 bits per heavy atom. The first-order valence-corrected chi connectivity index (χ1v) is 9.87. The molecule has 1 aliphatic carbocycles. The molecule has 2 rings (SSSR count). The molecule has 1 saturated carbocycles. The molecule has 2 N–H and O–H groups in total. The first-order valence-electron chi connectivity index (χ1n) is 8.49. The van der Waals surface area contributed by atoms with Gasteiger partial charge in [-0.3, -0.25) is 9.20 Å². The molecule has 0 amide bonds. The van der Waals surface area contributed by atoms with Crippen LogP contribution in [-0.4, -0.2) is 46.4 Å². The molecule has 0 radical (unpaired) electrons. The smallest absolute Gasteiger partial charge is 0.213 e. The minimum Gasteiger partial charge on any atom is -0.481 e. The molecular formula is C17H28N4O2S. The highest BCUT2D eigenvalue weighted by Gasteiger charge is 2.25. The first kappa shape index (κ1) is 18.7. The maximum atomic E-state index is 12.1. The second-order valence-electron chi connectivity index (χ2n) is 5.93. The van der Waals surface area contributed by atoms with Crippen molar-refractivity contribution >= 4 is 16.8 Å². The van der Waals surface area contributed by atoms with Crippen molar-refractivity contribution in [2.45, 2.75) is 50.4 Å². The maximum absolute atomic E-state index is 12.1. The lowest BCUT2D eigenvalue weighted by Gasteiger charge is -2.30. The number of guanidine groups is 1. The van der Waals surface area contributed by atoms with Gasteiger partial charge in [0, 0.05) is 53.7 Å². The minimum atomic E-state index is -0.709. The Labute approximate surface area is 147 Å². The number of ether oxygens (including phenoxy) is 1. The van der Waals surface area contributed by atoms with E-state index in [9.17, 15) is 4.21 Å². The van der Waals surface area contributed by atoms with Crippen molar-refractivity contribution in [1.29, 1.82) is 0 Å². The molecule has 1 heterocycles. The van der Waals surface area contributed by atoms with E-state index < -0.39 is 10.8 Å². The fourth-order valence-corrected chi connectivity index (χ4v) is 4.34. The number of nitrogens with zero attached hydrogens (tertiary/aromatic N) is 2. The quantitative estimate of drug-likeness (QED) is 0.603. The lowest BCUT2D eigenvalue weighted by atomic mass is 9.95. The molecule has 3 unspecified atom stereocenters. The van der Waals surface area contributed by atoms with E-state index in [0.29, 0.717) is 23.7 Å². The lowest BCUT2D eigenvalue weighted by molar-refractivity contribution is 0.397. The Morgan fingerprint density at radius 3 is 3.04 bits per heavy atom. The fourth-order valence-electron chi connectivity index (χ4n) is 3.00. The van der Waals surface area contributed by atoms with Crippen LogP contribution < -0.4 is 15.4 Å². The number of aromatic nitrogens is 1. The fraction of sp³-hybridized carbons (Fsp3) is 0.647. The normalized spacial score (nSPS) is 22.7. The molecule has 0 spiro atoms. The monoisotopic (exact) mass is 352 g/mol. The van der Waals surface area contributed by atoms with E-state index in [1.807, 2.05) is 19.1 Å². The summed E-state index contributed by atoms with van der Waals surface area (Å²) in [6.07, 6.45) is 5.97. The van der Waals surface area contributed by atoms with Gasteiger partial charge >= 0.3 is 0 Å². The van der Waals surface area contributed by atoms with Crippen LogP contribution in [0.1, 0.15) is 38.2 Å². The average Bonchev–Trinajstić information content (AvgIpc) is 2.64. The predicted molar refractivity (Wildman–Crippen MR) is 98.9 cm³/mol. The van der Waals surface area contributed by atoms with Crippen LogP contribution in [-0.2, 0) is 17.3 Å². The van der Waals surface area contributed by atoms with E-state index in [2.05, 4.69) is 20.6 Å². The van der Waals surface area contributed by atoms with Crippen LogP contribution in [0.15, 0.2) is 23.3 Å². The van der Waals surface area contributed by atoms with Gasteiger partial charge in [-0.1, -0.05) is 13.3 Å². The van der Waals surface area contributed by atoms with E-state index in [-0.39, 0.29) is 0 Å². The Hall–Kier alpha value is -1.63. The maximum Gasteiger partial charge on any atom is 0.213 e.